The van der Waals surface area contributed by atoms with E-state index < -0.39 is 5.60 Å². The van der Waals surface area contributed by atoms with Crippen molar-refractivity contribution in [2.75, 3.05) is 13.1 Å². The molecule has 4 heteroatoms. The number of nitrogens with zero attached hydrogens (tertiary/aromatic N) is 1. The standard InChI is InChI=1S/C23H25NO3/c1-2-18(17-8-4-3-5-9-17)22(26)24-14-12-23(13-15-24)16-20(25)19-10-6-7-11-21(19)27-23/h3-11,18H,2,12-16H2,1H3/t18-/m1/s1. The van der Waals surface area contributed by atoms with E-state index in [1.807, 2.05) is 59.5 Å². The molecule has 0 N–H and O–H groups in total. The lowest BCUT2D eigenvalue weighted by Crippen LogP contribution is -2.53. The number of piperidine rings is 1. The van der Waals surface area contributed by atoms with Gasteiger partial charge in [-0.05, 0) is 24.1 Å². The van der Waals surface area contributed by atoms with Crippen molar-refractivity contribution in [3.05, 3.63) is 65.7 Å². The third-order valence-corrected chi connectivity index (χ3v) is 5.89. The van der Waals surface area contributed by atoms with Gasteiger partial charge in [-0.25, -0.2) is 0 Å². The first-order valence-electron chi connectivity index (χ1n) is 9.77. The van der Waals surface area contributed by atoms with Gasteiger partial charge in [0.15, 0.2) is 5.78 Å². The third kappa shape index (κ3) is 3.36. The second kappa shape index (κ2) is 7.18. The van der Waals surface area contributed by atoms with Crippen LogP contribution in [0.15, 0.2) is 54.6 Å². The Labute approximate surface area is 160 Å². The average Bonchev–Trinajstić information content (AvgIpc) is 2.70. The molecule has 1 saturated heterocycles. The minimum atomic E-state index is -0.462. The number of Topliss-reactive ketones (excluding diaryl/α,β-unsaturated/α-hetero) is 1. The molecule has 2 heterocycles. The number of likely N-dealkylation sites (tertiary alicyclic amines) is 1. The predicted octanol–water partition coefficient (Wildman–Crippen LogP) is 4.21. The summed E-state index contributed by atoms with van der Waals surface area (Å²) in [6, 6.07) is 17.5. The summed E-state index contributed by atoms with van der Waals surface area (Å²) in [7, 11) is 0. The number of rotatable bonds is 3. The highest BCUT2D eigenvalue weighted by Crippen LogP contribution is 2.39. The molecule has 140 valence electrons. The molecular weight excluding hydrogens is 338 g/mol. The van der Waals surface area contributed by atoms with Crippen LogP contribution >= 0.6 is 0 Å². The second-order valence-corrected chi connectivity index (χ2v) is 7.58. The van der Waals surface area contributed by atoms with Crippen LogP contribution in [0.25, 0.3) is 0 Å². The van der Waals surface area contributed by atoms with E-state index in [1.165, 1.54) is 0 Å². The van der Waals surface area contributed by atoms with Gasteiger partial charge in [0, 0.05) is 25.9 Å². The number of ether oxygens (including phenoxy) is 1. The maximum atomic E-state index is 13.1. The van der Waals surface area contributed by atoms with Gasteiger partial charge in [-0.3, -0.25) is 9.59 Å². The number of hydrogen-bond acceptors (Lipinski definition) is 3. The maximum Gasteiger partial charge on any atom is 0.230 e. The van der Waals surface area contributed by atoms with Gasteiger partial charge in [0.1, 0.15) is 11.4 Å². The van der Waals surface area contributed by atoms with E-state index in [2.05, 4.69) is 6.92 Å². The largest absolute Gasteiger partial charge is 0.486 e. The van der Waals surface area contributed by atoms with Crippen LogP contribution in [0.5, 0.6) is 5.75 Å². The molecule has 2 aromatic carbocycles. The van der Waals surface area contributed by atoms with E-state index in [4.69, 9.17) is 4.74 Å². The molecule has 1 spiro atoms. The molecule has 2 aliphatic rings. The van der Waals surface area contributed by atoms with Crippen molar-refractivity contribution < 1.29 is 14.3 Å². The van der Waals surface area contributed by atoms with E-state index in [-0.39, 0.29) is 17.6 Å². The number of carbonyl (C=O) groups excluding carboxylic acids is 2. The summed E-state index contributed by atoms with van der Waals surface area (Å²) in [5.41, 5.74) is 1.29. The Bertz CT molecular complexity index is 838. The quantitative estimate of drug-likeness (QED) is 0.821. The first-order chi connectivity index (χ1) is 13.1. The SMILES string of the molecule is CC[C@@H](C(=O)N1CCC2(CC1)CC(=O)c1ccccc1O2)c1ccccc1. The van der Waals surface area contributed by atoms with Crippen molar-refractivity contribution in [2.24, 2.45) is 0 Å². The zero-order valence-corrected chi connectivity index (χ0v) is 15.7. The van der Waals surface area contributed by atoms with Crippen molar-refractivity contribution >= 4 is 11.7 Å². The van der Waals surface area contributed by atoms with Crippen molar-refractivity contribution in [2.45, 2.75) is 44.1 Å². The molecule has 4 nitrogen and oxygen atoms in total. The van der Waals surface area contributed by atoms with E-state index in [9.17, 15) is 9.59 Å². The van der Waals surface area contributed by atoms with Crippen LogP contribution in [0.2, 0.25) is 0 Å². The van der Waals surface area contributed by atoms with Crippen molar-refractivity contribution in [1.82, 2.24) is 4.90 Å². The fourth-order valence-corrected chi connectivity index (χ4v) is 4.32. The van der Waals surface area contributed by atoms with Gasteiger partial charge in [0.25, 0.3) is 0 Å². The number of benzene rings is 2. The summed E-state index contributed by atoms with van der Waals surface area (Å²) in [4.78, 5) is 27.6. The Kier molecular flexibility index (Phi) is 4.73. The summed E-state index contributed by atoms with van der Waals surface area (Å²) < 4.78 is 6.27. The van der Waals surface area contributed by atoms with Crippen LogP contribution < -0.4 is 4.74 Å². The summed E-state index contributed by atoms with van der Waals surface area (Å²) in [6.07, 6.45) is 2.59. The van der Waals surface area contributed by atoms with E-state index >= 15 is 0 Å². The van der Waals surface area contributed by atoms with Gasteiger partial charge in [-0.15, -0.1) is 0 Å². The van der Waals surface area contributed by atoms with E-state index in [0.717, 1.165) is 12.0 Å². The van der Waals surface area contributed by atoms with Gasteiger partial charge in [0.2, 0.25) is 5.91 Å². The van der Waals surface area contributed by atoms with E-state index in [0.29, 0.717) is 43.7 Å². The summed E-state index contributed by atoms with van der Waals surface area (Å²) in [6.45, 7) is 3.33. The second-order valence-electron chi connectivity index (χ2n) is 7.58. The first kappa shape index (κ1) is 17.8. The lowest BCUT2D eigenvalue weighted by atomic mass is 9.82. The fourth-order valence-electron chi connectivity index (χ4n) is 4.32. The van der Waals surface area contributed by atoms with Crippen molar-refractivity contribution in [3.8, 4) is 5.75 Å². The van der Waals surface area contributed by atoms with Crippen LogP contribution in [-0.2, 0) is 4.79 Å². The Hall–Kier alpha value is -2.62. The lowest BCUT2D eigenvalue weighted by Gasteiger charge is -2.44. The minimum absolute atomic E-state index is 0.102. The molecule has 2 aliphatic heterocycles. The van der Waals surface area contributed by atoms with Gasteiger partial charge in [-0.1, -0.05) is 49.4 Å². The molecule has 1 amide bonds. The van der Waals surface area contributed by atoms with Crippen LogP contribution in [0, 0.1) is 0 Å². The van der Waals surface area contributed by atoms with E-state index in [1.54, 1.807) is 0 Å². The van der Waals surface area contributed by atoms with Crippen molar-refractivity contribution in [1.29, 1.82) is 0 Å². The van der Waals surface area contributed by atoms with Gasteiger partial charge < -0.3 is 9.64 Å². The zero-order chi connectivity index (χ0) is 18.9. The normalized spacial score (nSPS) is 19.3. The van der Waals surface area contributed by atoms with Gasteiger partial charge >= 0.3 is 0 Å². The fraction of sp³-hybridized carbons (Fsp3) is 0.391. The Morgan fingerprint density at radius 2 is 1.74 bits per heavy atom. The lowest BCUT2D eigenvalue weighted by molar-refractivity contribution is -0.136. The number of hydrogen-bond donors (Lipinski definition) is 0. The Balaban J connectivity index is 1.46. The molecule has 0 saturated carbocycles. The zero-order valence-electron chi connectivity index (χ0n) is 15.7. The maximum absolute atomic E-state index is 13.1. The molecule has 1 fully saturated rings. The molecule has 2 aromatic rings. The monoisotopic (exact) mass is 363 g/mol. The van der Waals surface area contributed by atoms with Crippen LogP contribution in [0.3, 0.4) is 0 Å². The van der Waals surface area contributed by atoms with Crippen LogP contribution in [-0.4, -0.2) is 35.3 Å². The van der Waals surface area contributed by atoms with Crippen LogP contribution in [0.1, 0.15) is 54.4 Å². The van der Waals surface area contributed by atoms with Gasteiger partial charge in [0.05, 0.1) is 17.9 Å². The summed E-state index contributed by atoms with van der Waals surface area (Å²) in [5, 5.41) is 0. The molecule has 0 aliphatic carbocycles. The summed E-state index contributed by atoms with van der Waals surface area (Å²) in [5.74, 6) is 0.910. The Morgan fingerprint density at radius 1 is 1.07 bits per heavy atom. The number of ketones is 1. The molecule has 0 unspecified atom stereocenters. The highest BCUT2D eigenvalue weighted by atomic mass is 16.5. The summed E-state index contributed by atoms with van der Waals surface area (Å²) >= 11 is 0. The number of para-hydroxylation sites is 1. The highest BCUT2D eigenvalue weighted by molar-refractivity contribution is 6.00. The topological polar surface area (TPSA) is 46.6 Å². The average molecular weight is 363 g/mol. The number of fused-ring (bicyclic) bond motifs is 1. The number of amides is 1. The smallest absolute Gasteiger partial charge is 0.230 e. The van der Waals surface area contributed by atoms with Crippen LogP contribution in [0.4, 0.5) is 0 Å². The third-order valence-electron chi connectivity index (χ3n) is 5.89. The highest BCUT2D eigenvalue weighted by Gasteiger charge is 2.44. The van der Waals surface area contributed by atoms with Gasteiger partial charge in [-0.2, -0.15) is 0 Å². The van der Waals surface area contributed by atoms with Crippen molar-refractivity contribution in [3.63, 3.8) is 0 Å². The molecular formula is C23H25NO3. The Morgan fingerprint density at radius 3 is 2.44 bits per heavy atom. The molecule has 4 rings (SSSR count). The predicted molar refractivity (Wildman–Crippen MR) is 104 cm³/mol. The molecule has 1 atom stereocenters. The first-order valence-corrected chi connectivity index (χ1v) is 9.77. The molecule has 0 bridgehead atoms. The minimum Gasteiger partial charge on any atom is -0.486 e. The number of carbonyl (C=O) groups is 2. The molecule has 0 radical (unpaired) electrons. The molecule has 27 heavy (non-hydrogen) atoms. The molecule has 0 aromatic heterocycles.